The van der Waals surface area contributed by atoms with Crippen LogP contribution in [0.2, 0.25) is 0 Å². The second-order valence-corrected chi connectivity index (χ2v) is 6.79. The number of carbonyl (C=O) groups excluding carboxylic acids is 1. The normalized spacial score (nSPS) is 10.7. The van der Waals surface area contributed by atoms with Gasteiger partial charge < -0.3 is 23.8 Å². The van der Waals surface area contributed by atoms with Crippen molar-refractivity contribution in [3.63, 3.8) is 0 Å². The van der Waals surface area contributed by atoms with Crippen molar-refractivity contribution in [2.24, 2.45) is 0 Å². The number of aromatic nitrogens is 3. The summed E-state index contributed by atoms with van der Waals surface area (Å²) < 4.78 is 17.8. The van der Waals surface area contributed by atoms with E-state index in [-0.39, 0.29) is 11.7 Å². The van der Waals surface area contributed by atoms with Gasteiger partial charge in [-0.05, 0) is 32.0 Å². The Balaban J connectivity index is 1.67. The van der Waals surface area contributed by atoms with Gasteiger partial charge in [-0.25, -0.2) is 0 Å². The summed E-state index contributed by atoms with van der Waals surface area (Å²) in [7, 11) is 3.12. The number of benzene rings is 1. The number of ether oxygens (including phenoxy) is 2. The number of methoxy groups -OCH3 is 2. The van der Waals surface area contributed by atoms with E-state index in [9.17, 15) is 4.79 Å². The van der Waals surface area contributed by atoms with Gasteiger partial charge in [0, 0.05) is 18.3 Å². The molecule has 28 heavy (non-hydrogen) atoms. The Bertz CT molecular complexity index is 967. The standard InChI is InChI=1S/C19H22N4O4S/c1-5-23-18(14-8-9-27-12(14)2)21-22-19(23)28-11-17(24)20-13-6-7-15(25-3)16(10-13)26-4/h6-10H,5,11H2,1-4H3,(H,20,24). The Labute approximate surface area is 167 Å². The van der Waals surface area contributed by atoms with Crippen LogP contribution in [0.1, 0.15) is 12.7 Å². The minimum absolute atomic E-state index is 0.149. The minimum Gasteiger partial charge on any atom is -0.493 e. The molecule has 1 amide bonds. The lowest BCUT2D eigenvalue weighted by Gasteiger charge is -2.10. The van der Waals surface area contributed by atoms with Crippen LogP contribution in [0.3, 0.4) is 0 Å². The van der Waals surface area contributed by atoms with Crippen LogP contribution in [0, 0.1) is 6.92 Å². The third-order valence-electron chi connectivity index (χ3n) is 4.13. The number of nitrogens with zero attached hydrogens (tertiary/aromatic N) is 3. The highest BCUT2D eigenvalue weighted by Crippen LogP contribution is 2.30. The Morgan fingerprint density at radius 2 is 2.00 bits per heavy atom. The van der Waals surface area contributed by atoms with Crippen LogP contribution < -0.4 is 14.8 Å². The van der Waals surface area contributed by atoms with Crippen LogP contribution >= 0.6 is 11.8 Å². The Morgan fingerprint density at radius 1 is 1.21 bits per heavy atom. The third-order valence-corrected chi connectivity index (χ3v) is 5.10. The van der Waals surface area contributed by atoms with Crippen LogP contribution in [0.4, 0.5) is 5.69 Å². The number of furan rings is 1. The maximum Gasteiger partial charge on any atom is 0.234 e. The molecule has 3 rings (SSSR count). The maximum atomic E-state index is 12.4. The van der Waals surface area contributed by atoms with Crippen LogP contribution in [-0.4, -0.2) is 40.6 Å². The van der Waals surface area contributed by atoms with Crippen LogP contribution in [0.5, 0.6) is 11.5 Å². The second-order valence-electron chi connectivity index (χ2n) is 5.85. The summed E-state index contributed by atoms with van der Waals surface area (Å²) >= 11 is 1.33. The summed E-state index contributed by atoms with van der Waals surface area (Å²) in [5.74, 6) is 2.73. The molecule has 1 aromatic carbocycles. The number of amides is 1. The van der Waals surface area contributed by atoms with Gasteiger partial charge in [0.15, 0.2) is 22.5 Å². The number of hydrogen-bond donors (Lipinski definition) is 1. The van der Waals surface area contributed by atoms with Gasteiger partial charge in [0.1, 0.15) is 5.76 Å². The fourth-order valence-corrected chi connectivity index (χ4v) is 3.54. The van der Waals surface area contributed by atoms with Crippen LogP contribution in [-0.2, 0) is 11.3 Å². The van der Waals surface area contributed by atoms with Crippen LogP contribution in [0.15, 0.2) is 40.1 Å². The molecule has 0 bridgehead atoms. The molecule has 2 aromatic heterocycles. The SMILES string of the molecule is CCn1c(SCC(=O)Nc2ccc(OC)c(OC)c2)nnc1-c1ccoc1C. The van der Waals surface area contributed by atoms with Crippen molar-refractivity contribution in [3.05, 3.63) is 36.3 Å². The van der Waals surface area contributed by atoms with E-state index < -0.39 is 0 Å². The lowest BCUT2D eigenvalue weighted by Crippen LogP contribution is -2.14. The summed E-state index contributed by atoms with van der Waals surface area (Å²) in [6.45, 7) is 4.58. The van der Waals surface area contributed by atoms with Gasteiger partial charge in [-0.2, -0.15) is 0 Å². The molecule has 0 aliphatic heterocycles. The Hall–Kier alpha value is -2.94. The van der Waals surface area contributed by atoms with E-state index in [0.29, 0.717) is 28.9 Å². The van der Waals surface area contributed by atoms with E-state index in [4.69, 9.17) is 13.9 Å². The molecule has 9 heteroatoms. The molecule has 0 unspecified atom stereocenters. The predicted octanol–water partition coefficient (Wildman–Crippen LogP) is 3.61. The molecule has 0 fully saturated rings. The fourth-order valence-electron chi connectivity index (χ4n) is 2.74. The number of thioether (sulfide) groups is 1. The number of anilines is 1. The van der Waals surface area contributed by atoms with E-state index in [1.807, 2.05) is 24.5 Å². The molecule has 0 saturated carbocycles. The van der Waals surface area contributed by atoms with Crippen molar-refractivity contribution in [2.75, 3.05) is 25.3 Å². The molecule has 0 aliphatic carbocycles. The molecule has 148 valence electrons. The number of aryl methyl sites for hydroxylation is 1. The van der Waals surface area contributed by atoms with E-state index in [1.165, 1.54) is 11.8 Å². The number of carbonyl (C=O) groups is 1. The predicted molar refractivity (Wildman–Crippen MR) is 107 cm³/mol. The topological polar surface area (TPSA) is 91.4 Å². The van der Waals surface area contributed by atoms with Crippen molar-refractivity contribution >= 4 is 23.4 Å². The zero-order chi connectivity index (χ0) is 20.1. The minimum atomic E-state index is -0.149. The average Bonchev–Trinajstić information content (AvgIpc) is 3.31. The number of rotatable bonds is 8. The zero-order valence-electron chi connectivity index (χ0n) is 16.2. The molecule has 0 saturated heterocycles. The molecule has 3 aromatic rings. The first-order valence-corrected chi connectivity index (χ1v) is 9.68. The molecule has 0 atom stereocenters. The molecule has 2 heterocycles. The van der Waals surface area contributed by atoms with Crippen molar-refractivity contribution in [3.8, 4) is 22.9 Å². The third kappa shape index (κ3) is 4.14. The smallest absolute Gasteiger partial charge is 0.234 e. The Morgan fingerprint density at radius 3 is 2.64 bits per heavy atom. The maximum absolute atomic E-state index is 12.4. The van der Waals surface area contributed by atoms with E-state index >= 15 is 0 Å². The molecule has 1 N–H and O–H groups in total. The lowest BCUT2D eigenvalue weighted by molar-refractivity contribution is -0.113. The molecular weight excluding hydrogens is 380 g/mol. The summed E-state index contributed by atoms with van der Waals surface area (Å²) in [5, 5.41) is 12.0. The first-order chi connectivity index (χ1) is 13.6. The van der Waals surface area contributed by atoms with Gasteiger partial charge in [-0.1, -0.05) is 11.8 Å². The van der Waals surface area contributed by atoms with Crippen molar-refractivity contribution in [1.82, 2.24) is 14.8 Å². The van der Waals surface area contributed by atoms with Gasteiger partial charge in [0.05, 0.1) is 31.8 Å². The molecule has 0 spiro atoms. The fraction of sp³-hybridized carbons (Fsp3) is 0.316. The van der Waals surface area contributed by atoms with Crippen LogP contribution in [0.25, 0.3) is 11.4 Å². The zero-order valence-corrected chi connectivity index (χ0v) is 17.0. The Kier molecular flexibility index (Phi) is 6.25. The number of hydrogen-bond acceptors (Lipinski definition) is 7. The monoisotopic (exact) mass is 402 g/mol. The molecule has 8 nitrogen and oxygen atoms in total. The van der Waals surface area contributed by atoms with Gasteiger partial charge in [0.2, 0.25) is 5.91 Å². The molecular formula is C19H22N4O4S. The van der Waals surface area contributed by atoms with Gasteiger partial charge in [0.25, 0.3) is 0 Å². The number of nitrogens with one attached hydrogen (secondary N) is 1. The summed E-state index contributed by atoms with van der Waals surface area (Å²) in [4.78, 5) is 12.4. The van der Waals surface area contributed by atoms with Crippen molar-refractivity contribution < 1.29 is 18.7 Å². The van der Waals surface area contributed by atoms with Crippen molar-refractivity contribution in [1.29, 1.82) is 0 Å². The highest BCUT2D eigenvalue weighted by molar-refractivity contribution is 7.99. The van der Waals surface area contributed by atoms with Gasteiger partial charge in [-0.15, -0.1) is 10.2 Å². The second kappa shape index (κ2) is 8.83. The highest BCUT2D eigenvalue weighted by atomic mass is 32.2. The van der Waals surface area contributed by atoms with E-state index in [0.717, 1.165) is 17.1 Å². The van der Waals surface area contributed by atoms with E-state index in [2.05, 4.69) is 15.5 Å². The highest BCUT2D eigenvalue weighted by Gasteiger charge is 2.17. The quantitative estimate of drug-likeness (QED) is 0.576. The van der Waals surface area contributed by atoms with E-state index in [1.54, 1.807) is 38.7 Å². The summed E-state index contributed by atoms with van der Waals surface area (Å²) in [6, 6.07) is 7.09. The van der Waals surface area contributed by atoms with Gasteiger partial charge >= 0.3 is 0 Å². The largest absolute Gasteiger partial charge is 0.493 e. The van der Waals surface area contributed by atoms with Gasteiger partial charge in [-0.3, -0.25) is 4.79 Å². The lowest BCUT2D eigenvalue weighted by atomic mass is 10.2. The molecule has 0 radical (unpaired) electrons. The molecule has 0 aliphatic rings. The average molecular weight is 402 g/mol. The first kappa shape index (κ1) is 19.8. The van der Waals surface area contributed by atoms with Crippen molar-refractivity contribution in [2.45, 2.75) is 25.5 Å². The summed E-state index contributed by atoms with van der Waals surface area (Å²) in [5.41, 5.74) is 1.53. The first-order valence-electron chi connectivity index (χ1n) is 8.69. The summed E-state index contributed by atoms with van der Waals surface area (Å²) in [6.07, 6.45) is 1.63.